The zero-order chi connectivity index (χ0) is 86.5. The van der Waals surface area contributed by atoms with E-state index in [0.29, 0.717) is 70.2 Å². The van der Waals surface area contributed by atoms with E-state index in [-0.39, 0.29) is 73.8 Å². The Hall–Kier alpha value is -13.8. The topological polar surface area (TPSA) is 516 Å². The highest BCUT2D eigenvalue weighted by Gasteiger charge is 2.57. The van der Waals surface area contributed by atoms with Crippen LogP contribution in [0.15, 0.2) is 190 Å². The monoisotopic (exact) mass is 1710 g/mol. The summed E-state index contributed by atoms with van der Waals surface area (Å²) in [6.45, 7) is 6.97. The number of imidazole rings is 3. The number of aromatic carboxylic acids is 3. The van der Waals surface area contributed by atoms with Gasteiger partial charge in [0, 0.05) is 49.4 Å². The lowest BCUT2D eigenvalue weighted by molar-refractivity contribution is -0.158. The minimum Gasteiger partial charge on any atom is -0.478 e. The maximum absolute atomic E-state index is 12.1. The first-order valence-corrected chi connectivity index (χ1v) is 39.7. The van der Waals surface area contributed by atoms with Crippen molar-refractivity contribution in [1.82, 2.24) is 89.5 Å². The van der Waals surface area contributed by atoms with E-state index in [0.717, 1.165) is 16.7 Å². The Balaban J connectivity index is 0.000000138. The Morgan fingerprint density at radius 1 is 0.376 bits per heavy atom. The van der Waals surface area contributed by atoms with Crippen molar-refractivity contribution < 1.29 is 101 Å². The molecule has 6 fully saturated rings. The average molecular weight is 1710 g/mol. The van der Waals surface area contributed by atoms with Crippen molar-refractivity contribution in [3.63, 3.8) is 0 Å². The standard InChI is InChI=1S/C29H29N7O7.2C27H27N7O7/c1-2-30-29(39)35-25-22-26(33-15-32-25)36(16-34-22)27-24-23(42-21(43-24)11-10-17-7-4-3-5-8-17)20(41-27)14-40-13-19-18(28(37)38)9-6-12-31-19;2*1-2-28-27(37)33-22-19-23(31-13-30-22)34(14-32-19)24-21-20(40-26(41-21)15-7-4-3-5-8-15)18(39-24)12-38-11-17-16(25(35)36)9-6-10-29-17/h3-12,15-16,20-21,23-24,27H,2,13-14H2,1H3,(H,37,38)(H2,30,32,33,35,39);2*3-10,13-14,18,20-21,24,26H,2,11-12H2,1H3,(H,35,36)(H2,28,30,31,33,37)/b11-10+;;/t20?,21-,23?,24?,27?;2*18?,20?,21?,24?,26-/m010/s1. The molecule has 42 nitrogen and oxygen atoms in total. The van der Waals surface area contributed by atoms with Crippen LogP contribution in [0.2, 0.25) is 0 Å². The molecule has 12 aromatic rings. The molecule has 6 amide bonds. The highest BCUT2D eigenvalue weighted by atomic mass is 16.8. The zero-order valence-corrected chi connectivity index (χ0v) is 66.9. The number of carboxylic acid groups (broad SMARTS) is 3. The summed E-state index contributed by atoms with van der Waals surface area (Å²) >= 11 is 0. The van der Waals surface area contributed by atoms with Crippen LogP contribution in [0.4, 0.5) is 31.8 Å². The molecule has 0 saturated carbocycles. The normalized spacial score (nSPS) is 23.3. The highest BCUT2D eigenvalue weighted by molar-refractivity contribution is 5.98. The average Bonchev–Trinajstić information content (AvgIpc) is 1.60. The van der Waals surface area contributed by atoms with Crippen LogP contribution in [-0.4, -0.2) is 226 Å². The van der Waals surface area contributed by atoms with Crippen molar-refractivity contribution in [3.05, 3.63) is 240 Å². The number of carbonyl (C=O) groups is 6. The first-order chi connectivity index (χ1) is 61.1. The van der Waals surface area contributed by atoms with E-state index in [2.05, 4.69) is 91.7 Å². The Kier molecular flexibility index (Phi) is 26.6. The molecule has 12 unspecified atom stereocenters. The molecular formula is C83H83N21O21. The molecule has 0 aliphatic carbocycles. The van der Waals surface area contributed by atoms with Gasteiger partial charge in [-0.2, -0.15) is 0 Å². The fourth-order valence-corrected chi connectivity index (χ4v) is 14.9. The molecule has 0 spiro atoms. The molecular weight excluding hydrogens is 1630 g/mol. The number of rotatable bonds is 28. The van der Waals surface area contributed by atoms with Crippen molar-refractivity contribution in [2.45, 2.75) is 133 Å². The molecule has 18 rings (SSSR count). The first-order valence-electron chi connectivity index (χ1n) is 39.7. The molecule has 125 heavy (non-hydrogen) atoms. The first kappa shape index (κ1) is 84.8. The molecule has 9 N–H and O–H groups in total. The van der Waals surface area contributed by atoms with Crippen LogP contribution in [0.1, 0.15) is 117 Å². The van der Waals surface area contributed by atoms with Gasteiger partial charge in [-0.05, 0) is 68.8 Å². The van der Waals surface area contributed by atoms with E-state index in [9.17, 15) is 44.1 Å². The van der Waals surface area contributed by atoms with Crippen LogP contribution < -0.4 is 31.9 Å². The number of nitrogens with zero attached hydrogens (tertiary/aromatic N) is 15. The number of ether oxygens (including phenoxy) is 12. The van der Waals surface area contributed by atoms with Crippen LogP contribution in [0.3, 0.4) is 0 Å². The third kappa shape index (κ3) is 19.1. The van der Waals surface area contributed by atoms with Crippen LogP contribution in [0.5, 0.6) is 0 Å². The number of carboxylic acids is 3. The maximum Gasteiger partial charge on any atom is 0.337 e. The summed E-state index contributed by atoms with van der Waals surface area (Å²) in [6.07, 6.45) is 8.05. The molecule has 0 radical (unpaired) electrons. The van der Waals surface area contributed by atoms with Gasteiger partial charge in [0.25, 0.3) is 0 Å². The van der Waals surface area contributed by atoms with Gasteiger partial charge in [0.15, 0.2) is 88.5 Å². The number of benzene rings is 3. The van der Waals surface area contributed by atoms with Gasteiger partial charge in [0.05, 0.1) is 92.4 Å². The summed E-state index contributed by atoms with van der Waals surface area (Å²) in [4.78, 5) is 123. The summed E-state index contributed by atoms with van der Waals surface area (Å²) in [5.41, 5.74) is 6.27. The number of nitrogens with one attached hydrogen (secondary N) is 6. The molecule has 15 heterocycles. The van der Waals surface area contributed by atoms with Crippen molar-refractivity contribution >= 4 is 93.0 Å². The highest BCUT2D eigenvalue weighted by Crippen LogP contribution is 2.48. The number of carbonyl (C=O) groups excluding carboxylic acids is 3. The molecule has 6 saturated heterocycles. The SMILES string of the molecule is CCNC(=O)Nc1ncnc2c1ncn2C1OC(COCc2ncccc2C(=O)O)C2O[C@@H](c3ccccc3)OC21.CCNC(=O)Nc1ncnc2c1ncn2C1OC(COCc2ncccc2C(=O)O)C2O[C@H](/C=C/c3ccccc3)OC21.CCNC(=O)Nc1ncnc2c1ncn2C1OC(COCc2ncccc2C(=O)O)C2O[C@H](c3ccccc3)OC21. The molecule has 15 atom stereocenters. The van der Waals surface area contributed by atoms with E-state index in [1.807, 2.05) is 124 Å². The third-order valence-corrected chi connectivity index (χ3v) is 20.5. The van der Waals surface area contributed by atoms with Gasteiger partial charge >= 0.3 is 36.0 Å². The van der Waals surface area contributed by atoms with Gasteiger partial charge in [-0.1, -0.05) is 97.1 Å². The predicted octanol–water partition coefficient (Wildman–Crippen LogP) is 8.31. The molecule has 6 aliphatic rings. The minimum atomic E-state index is -1.08. The number of fused-ring (bicyclic) bond motifs is 6. The quantitative estimate of drug-likeness (QED) is 0.0222. The van der Waals surface area contributed by atoms with Gasteiger partial charge in [-0.3, -0.25) is 44.6 Å². The van der Waals surface area contributed by atoms with Crippen LogP contribution >= 0.6 is 0 Å². The van der Waals surface area contributed by atoms with Crippen molar-refractivity contribution in [3.8, 4) is 0 Å². The van der Waals surface area contributed by atoms with Crippen LogP contribution in [0.25, 0.3) is 39.6 Å². The van der Waals surface area contributed by atoms with Crippen molar-refractivity contribution in [2.75, 3.05) is 55.4 Å². The lowest BCUT2D eigenvalue weighted by atomic mass is 10.1. The molecule has 6 aliphatic heterocycles. The number of aromatic nitrogens is 15. The number of urea groups is 3. The van der Waals surface area contributed by atoms with E-state index in [1.165, 1.54) is 55.8 Å². The summed E-state index contributed by atoms with van der Waals surface area (Å²) in [5, 5.41) is 44.4. The van der Waals surface area contributed by atoms with Gasteiger partial charge in [-0.15, -0.1) is 0 Å². The largest absolute Gasteiger partial charge is 0.478 e. The van der Waals surface area contributed by atoms with Gasteiger partial charge in [0.2, 0.25) is 0 Å². The second kappa shape index (κ2) is 39.2. The smallest absolute Gasteiger partial charge is 0.337 e. The zero-order valence-electron chi connectivity index (χ0n) is 66.9. The Labute approximate surface area is 709 Å². The molecule has 9 aromatic heterocycles. The molecule has 3 aromatic carbocycles. The summed E-state index contributed by atoms with van der Waals surface area (Å²) < 4.78 is 80.0. The van der Waals surface area contributed by atoms with Gasteiger partial charge in [-0.25, -0.2) is 73.6 Å². The predicted molar refractivity (Wildman–Crippen MR) is 435 cm³/mol. The van der Waals surface area contributed by atoms with E-state index in [4.69, 9.17) is 56.8 Å². The lowest BCUT2D eigenvalue weighted by Gasteiger charge is -2.21. The minimum absolute atomic E-state index is 0.0244. The van der Waals surface area contributed by atoms with Gasteiger partial charge in [0.1, 0.15) is 73.9 Å². The summed E-state index contributed by atoms with van der Waals surface area (Å²) in [6, 6.07) is 36.8. The maximum atomic E-state index is 12.1. The summed E-state index contributed by atoms with van der Waals surface area (Å²) in [7, 11) is 0. The number of amides is 6. The second-order valence-corrected chi connectivity index (χ2v) is 28.5. The van der Waals surface area contributed by atoms with Crippen LogP contribution in [0, 0.1) is 0 Å². The Morgan fingerprint density at radius 2 is 0.696 bits per heavy atom. The number of pyridine rings is 3. The molecule has 42 heteroatoms. The second-order valence-electron chi connectivity index (χ2n) is 28.5. The van der Waals surface area contributed by atoms with Gasteiger partial charge < -0.3 is 88.1 Å². The Morgan fingerprint density at radius 3 is 1.04 bits per heavy atom. The fourth-order valence-electron chi connectivity index (χ4n) is 14.9. The number of hydrogen-bond acceptors (Lipinski definition) is 30. The number of anilines is 3. The van der Waals surface area contributed by atoms with Crippen molar-refractivity contribution in [1.29, 1.82) is 0 Å². The molecule has 646 valence electrons. The number of hydrogen-bond donors (Lipinski definition) is 9. The fraction of sp³-hybridized carbons (Fsp3) is 0.325. The van der Waals surface area contributed by atoms with E-state index >= 15 is 0 Å². The molecule has 0 bridgehead atoms. The third-order valence-electron chi connectivity index (χ3n) is 20.5. The van der Waals surface area contributed by atoms with E-state index < -0.39 is 128 Å². The van der Waals surface area contributed by atoms with E-state index in [1.54, 1.807) is 50.9 Å². The summed E-state index contributed by atoms with van der Waals surface area (Å²) in [5.74, 6) is -2.49. The van der Waals surface area contributed by atoms with Crippen LogP contribution in [-0.2, 0) is 76.7 Å². The van der Waals surface area contributed by atoms with Crippen molar-refractivity contribution in [2.24, 2.45) is 0 Å². The lowest BCUT2D eigenvalue weighted by Crippen LogP contribution is -2.32. The Bertz CT molecular complexity index is 5610.